The van der Waals surface area contributed by atoms with Gasteiger partial charge in [0.15, 0.2) is 0 Å². The Morgan fingerprint density at radius 1 is 1.48 bits per heavy atom. The first kappa shape index (κ1) is 17.5. The number of hydrogen-bond acceptors (Lipinski definition) is 4. The third-order valence-electron chi connectivity index (χ3n) is 3.63. The molecule has 8 heteroatoms. The van der Waals surface area contributed by atoms with Crippen LogP contribution in [-0.4, -0.2) is 38.4 Å². The molecule has 1 aromatic rings. The molecular formula is C13H20Cl2N2O2S2. The van der Waals surface area contributed by atoms with Crippen LogP contribution in [0.4, 0.5) is 0 Å². The van der Waals surface area contributed by atoms with Crippen molar-refractivity contribution in [1.29, 1.82) is 0 Å². The van der Waals surface area contributed by atoms with Crippen molar-refractivity contribution in [2.45, 2.75) is 37.6 Å². The molecule has 0 saturated carbocycles. The Kier molecular flexibility index (Phi) is 5.96. The second-order valence-corrected chi connectivity index (χ2v) is 9.71. The third kappa shape index (κ3) is 4.12. The van der Waals surface area contributed by atoms with Crippen molar-refractivity contribution in [3.63, 3.8) is 0 Å². The summed E-state index contributed by atoms with van der Waals surface area (Å²) in [5.41, 5.74) is 0. The van der Waals surface area contributed by atoms with Gasteiger partial charge < -0.3 is 5.32 Å². The summed E-state index contributed by atoms with van der Waals surface area (Å²) < 4.78 is 27.9. The molecule has 0 bridgehead atoms. The number of thiophene rings is 1. The van der Waals surface area contributed by atoms with E-state index in [0.717, 1.165) is 37.3 Å². The van der Waals surface area contributed by atoms with E-state index >= 15 is 0 Å². The fourth-order valence-corrected chi connectivity index (χ4v) is 6.38. The SMILES string of the molecule is CC(C)N(CC1CCCNC1)S(=O)(=O)c1cc(Cl)sc1Cl. The maximum Gasteiger partial charge on any atom is 0.245 e. The Hall–Kier alpha value is 0.150. The van der Waals surface area contributed by atoms with E-state index in [4.69, 9.17) is 23.2 Å². The first-order valence-corrected chi connectivity index (χ1v) is 10.0. The van der Waals surface area contributed by atoms with E-state index in [9.17, 15) is 8.42 Å². The fourth-order valence-electron chi connectivity index (χ4n) is 2.55. The summed E-state index contributed by atoms with van der Waals surface area (Å²) in [6.45, 7) is 6.15. The van der Waals surface area contributed by atoms with Gasteiger partial charge in [-0.3, -0.25) is 0 Å². The van der Waals surface area contributed by atoms with Crippen LogP contribution in [0.1, 0.15) is 26.7 Å². The molecule has 0 aromatic carbocycles. The highest BCUT2D eigenvalue weighted by Crippen LogP contribution is 2.36. The second-order valence-electron chi connectivity index (χ2n) is 5.57. The highest BCUT2D eigenvalue weighted by atomic mass is 35.5. The van der Waals surface area contributed by atoms with E-state index in [1.54, 1.807) is 0 Å². The molecule has 2 heterocycles. The Balaban J connectivity index is 2.25. The molecule has 21 heavy (non-hydrogen) atoms. The molecule has 1 saturated heterocycles. The molecule has 120 valence electrons. The van der Waals surface area contributed by atoms with E-state index in [2.05, 4.69) is 5.32 Å². The number of piperidine rings is 1. The molecule has 1 aromatic heterocycles. The molecule has 2 rings (SSSR count). The number of rotatable bonds is 5. The Morgan fingerprint density at radius 3 is 2.67 bits per heavy atom. The van der Waals surface area contributed by atoms with Crippen molar-refractivity contribution < 1.29 is 8.42 Å². The van der Waals surface area contributed by atoms with Crippen molar-refractivity contribution >= 4 is 44.6 Å². The lowest BCUT2D eigenvalue weighted by molar-refractivity contribution is 0.264. The van der Waals surface area contributed by atoms with Crippen LogP contribution in [0.15, 0.2) is 11.0 Å². The average Bonchev–Trinajstić information content (AvgIpc) is 2.76. The Bertz CT molecular complexity index is 581. The van der Waals surface area contributed by atoms with Gasteiger partial charge in [-0.05, 0) is 51.8 Å². The number of nitrogens with one attached hydrogen (secondary N) is 1. The fraction of sp³-hybridized carbons (Fsp3) is 0.692. The summed E-state index contributed by atoms with van der Waals surface area (Å²) in [5.74, 6) is 0.337. The van der Waals surface area contributed by atoms with Crippen molar-refractivity contribution in [2.75, 3.05) is 19.6 Å². The molecule has 1 aliphatic heterocycles. The number of halogens is 2. The van der Waals surface area contributed by atoms with E-state index in [1.165, 1.54) is 10.4 Å². The average molecular weight is 371 g/mol. The first-order chi connectivity index (χ1) is 9.82. The maximum absolute atomic E-state index is 12.9. The molecule has 1 fully saturated rings. The van der Waals surface area contributed by atoms with Gasteiger partial charge in [0.1, 0.15) is 9.23 Å². The smallest absolute Gasteiger partial charge is 0.245 e. The standard InChI is InChI=1S/C13H20Cl2N2O2S2/c1-9(2)17(8-10-4-3-5-16-7-10)21(18,19)11-6-12(14)20-13(11)15/h6,9-10,16H,3-5,7-8H2,1-2H3. The van der Waals surface area contributed by atoms with E-state index < -0.39 is 10.0 Å². The summed E-state index contributed by atoms with van der Waals surface area (Å²) in [6, 6.07) is 1.32. The monoisotopic (exact) mass is 370 g/mol. The van der Waals surface area contributed by atoms with Gasteiger partial charge in [-0.15, -0.1) is 11.3 Å². The largest absolute Gasteiger partial charge is 0.316 e. The minimum atomic E-state index is -3.61. The maximum atomic E-state index is 12.9. The number of nitrogens with zero attached hydrogens (tertiary/aromatic N) is 1. The molecule has 1 unspecified atom stereocenters. The molecule has 1 aliphatic rings. The zero-order valence-electron chi connectivity index (χ0n) is 12.1. The molecule has 0 radical (unpaired) electrons. The van der Waals surface area contributed by atoms with E-state index in [-0.39, 0.29) is 15.3 Å². The molecule has 0 amide bonds. The van der Waals surface area contributed by atoms with Gasteiger partial charge in [-0.1, -0.05) is 23.2 Å². The van der Waals surface area contributed by atoms with E-state index in [0.29, 0.717) is 16.8 Å². The third-order valence-corrected chi connectivity index (χ3v) is 7.42. The molecule has 1 N–H and O–H groups in total. The van der Waals surface area contributed by atoms with Crippen LogP contribution in [0.5, 0.6) is 0 Å². The van der Waals surface area contributed by atoms with Gasteiger partial charge >= 0.3 is 0 Å². The highest BCUT2D eigenvalue weighted by Gasteiger charge is 2.32. The lowest BCUT2D eigenvalue weighted by Crippen LogP contribution is -2.44. The lowest BCUT2D eigenvalue weighted by Gasteiger charge is -2.31. The van der Waals surface area contributed by atoms with E-state index in [1.807, 2.05) is 13.8 Å². The quantitative estimate of drug-likeness (QED) is 0.863. The van der Waals surface area contributed by atoms with Gasteiger partial charge in [0, 0.05) is 12.6 Å². The van der Waals surface area contributed by atoms with Crippen molar-refractivity contribution in [3.05, 3.63) is 14.7 Å². The van der Waals surface area contributed by atoms with Gasteiger partial charge in [-0.25, -0.2) is 8.42 Å². The van der Waals surface area contributed by atoms with Crippen LogP contribution in [0.3, 0.4) is 0 Å². The van der Waals surface area contributed by atoms with Crippen molar-refractivity contribution in [1.82, 2.24) is 9.62 Å². The van der Waals surface area contributed by atoms with Crippen LogP contribution in [0, 0.1) is 5.92 Å². The number of sulfonamides is 1. The van der Waals surface area contributed by atoms with Gasteiger partial charge in [0.25, 0.3) is 0 Å². The first-order valence-electron chi connectivity index (χ1n) is 6.99. The summed E-state index contributed by atoms with van der Waals surface area (Å²) >= 11 is 13.0. The van der Waals surface area contributed by atoms with Crippen molar-refractivity contribution in [3.8, 4) is 0 Å². The highest BCUT2D eigenvalue weighted by molar-refractivity contribution is 7.89. The van der Waals surface area contributed by atoms with Gasteiger partial charge in [-0.2, -0.15) is 4.31 Å². The normalized spacial score (nSPS) is 20.4. The minimum absolute atomic E-state index is 0.119. The van der Waals surface area contributed by atoms with Crippen LogP contribution in [-0.2, 0) is 10.0 Å². The van der Waals surface area contributed by atoms with Crippen LogP contribution in [0.2, 0.25) is 8.67 Å². The molecule has 0 spiro atoms. The van der Waals surface area contributed by atoms with Crippen LogP contribution in [0.25, 0.3) is 0 Å². The zero-order chi connectivity index (χ0) is 15.6. The minimum Gasteiger partial charge on any atom is -0.316 e. The lowest BCUT2D eigenvalue weighted by atomic mass is 9.99. The van der Waals surface area contributed by atoms with Crippen LogP contribution < -0.4 is 5.32 Å². The predicted octanol–water partition coefficient (Wildman–Crippen LogP) is 3.45. The molecular weight excluding hydrogens is 351 g/mol. The molecule has 0 aliphatic carbocycles. The Labute approximate surface area is 140 Å². The summed E-state index contributed by atoms with van der Waals surface area (Å²) in [5, 5.41) is 3.32. The topological polar surface area (TPSA) is 49.4 Å². The summed E-state index contributed by atoms with van der Waals surface area (Å²) in [7, 11) is -3.61. The van der Waals surface area contributed by atoms with Crippen LogP contribution >= 0.6 is 34.5 Å². The van der Waals surface area contributed by atoms with Gasteiger partial charge in [0.05, 0.1) is 4.34 Å². The molecule has 1 atom stereocenters. The Morgan fingerprint density at radius 2 is 2.19 bits per heavy atom. The number of hydrogen-bond donors (Lipinski definition) is 1. The zero-order valence-corrected chi connectivity index (χ0v) is 15.2. The van der Waals surface area contributed by atoms with Gasteiger partial charge in [0.2, 0.25) is 10.0 Å². The second kappa shape index (κ2) is 7.15. The predicted molar refractivity (Wildman–Crippen MR) is 89.0 cm³/mol. The van der Waals surface area contributed by atoms with Crippen molar-refractivity contribution in [2.24, 2.45) is 5.92 Å². The summed E-state index contributed by atoms with van der Waals surface area (Å²) in [6.07, 6.45) is 2.13. The summed E-state index contributed by atoms with van der Waals surface area (Å²) in [4.78, 5) is 0.122. The molecule has 4 nitrogen and oxygen atoms in total.